The van der Waals surface area contributed by atoms with E-state index in [-0.39, 0.29) is 17.7 Å². The average molecular weight is 292 g/mol. The first-order chi connectivity index (χ1) is 9.86. The highest BCUT2D eigenvalue weighted by Gasteiger charge is 2.31. The van der Waals surface area contributed by atoms with Gasteiger partial charge in [-0.1, -0.05) is 6.92 Å². The van der Waals surface area contributed by atoms with Crippen molar-refractivity contribution in [3.8, 4) is 0 Å². The molecular weight excluding hydrogens is 268 g/mol. The van der Waals surface area contributed by atoms with Crippen molar-refractivity contribution < 1.29 is 9.59 Å². The topological polar surface area (TPSA) is 67.2 Å². The fraction of sp³-hybridized carbons (Fsp3) is 0.667. The third-order valence-corrected chi connectivity index (χ3v) is 3.92. The normalized spacial score (nSPS) is 19.9. The van der Waals surface area contributed by atoms with Gasteiger partial charge in [-0.25, -0.2) is 0 Å². The van der Waals surface area contributed by atoms with Crippen LogP contribution in [0.1, 0.15) is 24.7 Å². The van der Waals surface area contributed by atoms with Crippen molar-refractivity contribution in [1.82, 2.24) is 20.0 Å². The number of aromatic nitrogens is 2. The van der Waals surface area contributed by atoms with E-state index in [2.05, 4.69) is 17.3 Å². The van der Waals surface area contributed by atoms with Crippen molar-refractivity contribution in [2.45, 2.75) is 33.7 Å². The summed E-state index contributed by atoms with van der Waals surface area (Å²) in [6, 6.07) is 2.05. The second-order valence-electron chi connectivity index (χ2n) is 6.13. The molecule has 116 valence electrons. The van der Waals surface area contributed by atoms with Crippen molar-refractivity contribution in [2.24, 2.45) is 11.8 Å². The highest BCUT2D eigenvalue weighted by Crippen LogP contribution is 2.16. The third kappa shape index (κ3) is 3.83. The van der Waals surface area contributed by atoms with E-state index in [1.165, 1.54) is 0 Å². The standard InChI is InChI=1S/C15H24N4O2/c1-10(8-19-12(3)5-11(2)17-19)7-16-15(21)13-6-14(20)18(4)9-13/h5,10,13H,6-9H2,1-4H3,(H,16,21)/t10-,13-/m1/s1. The molecule has 0 unspecified atom stereocenters. The molecule has 2 amide bonds. The molecule has 0 aliphatic carbocycles. The minimum Gasteiger partial charge on any atom is -0.355 e. The molecule has 1 saturated heterocycles. The van der Waals surface area contributed by atoms with Crippen molar-refractivity contribution in [2.75, 3.05) is 20.1 Å². The molecular formula is C15H24N4O2. The molecule has 1 fully saturated rings. The molecule has 1 N–H and O–H groups in total. The van der Waals surface area contributed by atoms with E-state index >= 15 is 0 Å². The Labute approximate surface area is 125 Å². The van der Waals surface area contributed by atoms with Crippen molar-refractivity contribution >= 4 is 11.8 Å². The molecule has 2 rings (SSSR count). The van der Waals surface area contributed by atoms with Crippen LogP contribution in [0.4, 0.5) is 0 Å². The lowest BCUT2D eigenvalue weighted by molar-refractivity contribution is -0.128. The quantitative estimate of drug-likeness (QED) is 0.870. The lowest BCUT2D eigenvalue weighted by Gasteiger charge is -2.16. The van der Waals surface area contributed by atoms with Crippen LogP contribution in [0.2, 0.25) is 0 Å². The second kappa shape index (κ2) is 6.28. The first-order valence-electron chi connectivity index (χ1n) is 7.39. The van der Waals surface area contributed by atoms with Gasteiger partial charge in [0.1, 0.15) is 0 Å². The molecule has 0 radical (unpaired) electrons. The minimum absolute atomic E-state index is 0.0204. The van der Waals surface area contributed by atoms with Gasteiger partial charge in [-0.05, 0) is 25.8 Å². The molecule has 1 aromatic rings. The lowest BCUT2D eigenvalue weighted by atomic mass is 10.1. The molecule has 1 aliphatic heterocycles. The van der Waals surface area contributed by atoms with E-state index in [1.54, 1.807) is 11.9 Å². The molecule has 2 atom stereocenters. The van der Waals surface area contributed by atoms with Crippen LogP contribution in [0.5, 0.6) is 0 Å². The van der Waals surface area contributed by atoms with E-state index in [0.717, 1.165) is 17.9 Å². The van der Waals surface area contributed by atoms with E-state index in [0.29, 0.717) is 25.4 Å². The van der Waals surface area contributed by atoms with Gasteiger partial charge in [0.25, 0.3) is 0 Å². The summed E-state index contributed by atoms with van der Waals surface area (Å²) in [6.07, 6.45) is 0.328. The summed E-state index contributed by atoms with van der Waals surface area (Å²) in [4.78, 5) is 25.1. The van der Waals surface area contributed by atoms with Crippen LogP contribution in [0.3, 0.4) is 0 Å². The molecule has 0 spiro atoms. The summed E-state index contributed by atoms with van der Waals surface area (Å²) in [5.74, 6) is 0.115. The zero-order valence-electron chi connectivity index (χ0n) is 13.2. The Morgan fingerprint density at radius 1 is 1.52 bits per heavy atom. The van der Waals surface area contributed by atoms with Gasteiger partial charge in [0.05, 0.1) is 11.6 Å². The van der Waals surface area contributed by atoms with Crippen LogP contribution >= 0.6 is 0 Å². The number of hydrogen-bond donors (Lipinski definition) is 1. The molecule has 6 heteroatoms. The van der Waals surface area contributed by atoms with Crippen molar-refractivity contribution in [3.63, 3.8) is 0 Å². The highest BCUT2D eigenvalue weighted by molar-refractivity contribution is 5.89. The Kier molecular flexibility index (Phi) is 4.65. The van der Waals surface area contributed by atoms with Crippen LogP contribution in [0.25, 0.3) is 0 Å². The number of nitrogens with zero attached hydrogens (tertiary/aromatic N) is 3. The second-order valence-corrected chi connectivity index (χ2v) is 6.13. The smallest absolute Gasteiger partial charge is 0.225 e. The molecule has 6 nitrogen and oxygen atoms in total. The highest BCUT2D eigenvalue weighted by atomic mass is 16.2. The van der Waals surface area contributed by atoms with Crippen LogP contribution in [-0.2, 0) is 16.1 Å². The summed E-state index contributed by atoms with van der Waals surface area (Å²) in [5, 5.41) is 7.38. The van der Waals surface area contributed by atoms with Crippen molar-refractivity contribution in [3.05, 3.63) is 17.5 Å². The Morgan fingerprint density at radius 3 is 2.76 bits per heavy atom. The number of carbonyl (C=O) groups excluding carboxylic acids is 2. The molecule has 21 heavy (non-hydrogen) atoms. The number of likely N-dealkylation sites (tertiary alicyclic amines) is 1. The SMILES string of the molecule is Cc1cc(C)n(C[C@H](C)CNC(=O)[C@@H]2CC(=O)N(C)C2)n1. The monoisotopic (exact) mass is 292 g/mol. The van der Waals surface area contributed by atoms with Gasteiger partial charge in [-0.15, -0.1) is 0 Å². The largest absolute Gasteiger partial charge is 0.355 e. The number of amides is 2. The maximum Gasteiger partial charge on any atom is 0.225 e. The number of hydrogen-bond acceptors (Lipinski definition) is 3. The minimum atomic E-state index is -0.205. The van der Waals surface area contributed by atoms with E-state index in [4.69, 9.17) is 0 Å². The maximum absolute atomic E-state index is 12.1. The summed E-state index contributed by atoms with van der Waals surface area (Å²) >= 11 is 0. The van der Waals surface area contributed by atoms with Crippen LogP contribution in [0.15, 0.2) is 6.07 Å². The fourth-order valence-electron chi connectivity index (χ4n) is 2.68. The Morgan fingerprint density at radius 2 is 2.24 bits per heavy atom. The first-order valence-corrected chi connectivity index (χ1v) is 7.39. The number of carbonyl (C=O) groups is 2. The van der Waals surface area contributed by atoms with Gasteiger partial charge >= 0.3 is 0 Å². The van der Waals surface area contributed by atoms with Gasteiger partial charge in [0.15, 0.2) is 0 Å². The molecule has 2 heterocycles. The predicted molar refractivity (Wildman–Crippen MR) is 79.6 cm³/mol. The van der Waals surface area contributed by atoms with E-state index in [1.807, 2.05) is 24.6 Å². The molecule has 1 aliphatic rings. The Bertz CT molecular complexity index is 538. The van der Waals surface area contributed by atoms with Gasteiger partial charge in [-0.3, -0.25) is 14.3 Å². The molecule has 0 bridgehead atoms. The lowest BCUT2D eigenvalue weighted by Crippen LogP contribution is -2.36. The average Bonchev–Trinajstić information content (AvgIpc) is 2.90. The predicted octanol–water partition coefficient (Wildman–Crippen LogP) is 0.731. The molecule has 0 saturated carbocycles. The first kappa shape index (κ1) is 15.5. The number of nitrogens with one attached hydrogen (secondary N) is 1. The van der Waals surface area contributed by atoms with Crippen molar-refractivity contribution in [1.29, 1.82) is 0 Å². The molecule has 1 aromatic heterocycles. The maximum atomic E-state index is 12.1. The van der Waals surface area contributed by atoms with Gasteiger partial charge < -0.3 is 10.2 Å². The summed E-state index contributed by atoms with van der Waals surface area (Å²) in [6.45, 7) is 8.00. The van der Waals surface area contributed by atoms with E-state index in [9.17, 15) is 9.59 Å². The Balaban J connectivity index is 1.79. The van der Waals surface area contributed by atoms with Crippen LogP contribution < -0.4 is 5.32 Å². The van der Waals surface area contributed by atoms with Gasteiger partial charge in [0.2, 0.25) is 11.8 Å². The van der Waals surface area contributed by atoms with Gasteiger partial charge in [0, 0.05) is 38.8 Å². The summed E-state index contributed by atoms with van der Waals surface area (Å²) < 4.78 is 1.97. The number of aryl methyl sites for hydroxylation is 2. The van der Waals surface area contributed by atoms with Crippen LogP contribution in [-0.4, -0.2) is 46.6 Å². The van der Waals surface area contributed by atoms with E-state index < -0.39 is 0 Å². The number of rotatable bonds is 5. The summed E-state index contributed by atoms with van der Waals surface area (Å²) in [5.41, 5.74) is 2.14. The zero-order valence-corrected chi connectivity index (χ0v) is 13.2. The fourth-order valence-corrected chi connectivity index (χ4v) is 2.68. The summed E-state index contributed by atoms with van der Waals surface area (Å²) in [7, 11) is 1.74. The zero-order chi connectivity index (χ0) is 15.6. The third-order valence-electron chi connectivity index (χ3n) is 3.92. The van der Waals surface area contributed by atoms with Crippen LogP contribution in [0, 0.1) is 25.7 Å². The Hall–Kier alpha value is -1.85. The molecule has 0 aromatic carbocycles. The van der Waals surface area contributed by atoms with Gasteiger partial charge in [-0.2, -0.15) is 5.10 Å².